The molecule has 2 amide bonds. The number of hydrogen-bond donors (Lipinski definition) is 1. The van der Waals surface area contributed by atoms with Gasteiger partial charge in [-0.3, -0.25) is 9.59 Å². The molecule has 0 aliphatic carbocycles. The Kier molecular flexibility index (Phi) is 5.00. The van der Waals surface area contributed by atoms with Gasteiger partial charge < -0.3 is 19.7 Å². The molecule has 2 aromatic carbocycles. The second kappa shape index (κ2) is 7.95. The summed E-state index contributed by atoms with van der Waals surface area (Å²) in [7, 11) is 0. The molecule has 30 heavy (non-hydrogen) atoms. The molecule has 0 radical (unpaired) electrons. The first-order valence-electron chi connectivity index (χ1n) is 10.00. The van der Waals surface area contributed by atoms with Crippen molar-refractivity contribution in [2.24, 2.45) is 5.92 Å². The fraction of sp³-hybridized carbons (Fsp3) is 0.318. The summed E-state index contributed by atoms with van der Waals surface area (Å²) < 4.78 is 12.4. The van der Waals surface area contributed by atoms with Crippen LogP contribution in [0.3, 0.4) is 0 Å². The number of aromatic nitrogens is 1. The molecule has 2 aliphatic rings. The Balaban J connectivity index is 1.16. The number of piperidine rings is 1. The molecule has 1 saturated heterocycles. The van der Waals surface area contributed by atoms with E-state index in [1.54, 1.807) is 29.5 Å². The molecule has 1 N–H and O–H groups in total. The van der Waals surface area contributed by atoms with Gasteiger partial charge in [0.05, 0.1) is 22.5 Å². The highest BCUT2D eigenvalue weighted by Gasteiger charge is 2.26. The van der Waals surface area contributed by atoms with Crippen LogP contribution in [0.25, 0.3) is 10.2 Å². The number of rotatable bonds is 4. The topological polar surface area (TPSA) is 80.8 Å². The lowest BCUT2D eigenvalue weighted by Crippen LogP contribution is -2.39. The van der Waals surface area contributed by atoms with Crippen molar-refractivity contribution in [3.05, 3.63) is 48.0 Å². The number of hydrogen-bond acceptors (Lipinski definition) is 6. The third-order valence-corrected chi connectivity index (χ3v) is 6.43. The molecular weight excluding hydrogens is 402 g/mol. The Hall–Kier alpha value is -3.13. The van der Waals surface area contributed by atoms with Crippen LogP contribution in [0.4, 0.5) is 5.69 Å². The first-order chi connectivity index (χ1) is 14.7. The Labute approximate surface area is 177 Å². The van der Waals surface area contributed by atoms with Crippen molar-refractivity contribution in [2.45, 2.75) is 12.8 Å². The average molecular weight is 423 g/mol. The molecule has 0 saturated carbocycles. The Morgan fingerprint density at radius 2 is 2.07 bits per heavy atom. The highest BCUT2D eigenvalue weighted by Crippen LogP contribution is 2.30. The Morgan fingerprint density at radius 3 is 2.90 bits per heavy atom. The number of benzene rings is 2. The van der Waals surface area contributed by atoms with E-state index in [1.807, 2.05) is 29.2 Å². The summed E-state index contributed by atoms with van der Waals surface area (Å²) in [5.41, 5.74) is 2.07. The number of fused-ring (bicyclic) bond motifs is 2. The van der Waals surface area contributed by atoms with Crippen molar-refractivity contribution in [1.82, 2.24) is 9.88 Å². The zero-order valence-electron chi connectivity index (χ0n) is 16.3. The average Bonchev–Trinajstić information content (AvgIpc) is 3.20. The lowest BCUT2D eigenvalue weighted by atomic mass is 9.97. The van der Waals surface area contributed by atoms with Crippen molar-refractivity contribution < 1.29 is 19.1 Å². The number of likely N-dealkylation sites (tertiary alicyclic amines) is 1. The number of carbonyl (C=O) groups is 2. The summed E-state index contributed by atoms with van der Waals surface area (Å²) in [5, 5.41) is 3.45. The van der Waals surface area contributed by atoms with Gasteiger partial charge in [0.25, 0.3) is 17.0 Å². The van der Waals surface area contributed by atoms with Crippen LogP contribution in [-0.2, 0) is 4.79 Å². The van der Waals surface area contributed by atoms with E-state index in [9.17, 15) is 9.59 Å². The molecule has 154 valence electrons. The molecule has 5 rings (SSSR count). The Bertz CT molecular complexity index is 1070. The summed E-state index contributed by atoms with van der Waals surface area (Å²) >= 11 is 1.56. The van der Waals surface area contributed by atoms with Crippen LogP contribution in [0.1, 0.15) is 23.2 Å². The van der Waals surface area contributed by atoms with Crippen molar-refractivity contribution in [3.63, 3.8) is 0 Å². The van der Waals surface area contributed by atoms with Gasteiger partial charge in [-0.15, -0.1) is 0 Å². The third kappa shape index (κ3) is 3.82. The van der Waals surface area contributed by atoms with Gasteiger partial charge in [-0.2, -0.15) is 0 Å². The van der Waals surface area contributed by atoms with Crippen molar-refractivity contribution in [2.75, 3.05) is 31.6 Å². The van der Waals surface area contributed by atoms with Gasteiger partial charge in [-0.05, 0) is 49.1 Å². The predicted octanol–water partition coefficient (Wildman–Crippen LogP) is 3.56. The van der Waals surface area contributed by atoms with Crippen molar-refractivity contribution in [3.8, 4) is 10.9 Å². The molecule has 8 heteroatoms. The van der Waals surface area contributed by atoms with E-state index in [4.69, 9.17) is 9.47 Å². The van der Waals surface area contributed by atoms with Crippen LogP contribution in [0.15, 0.2) is 42.5 Å². The van der Waals surface area contributed by atoms with Crippen LogP contribution in [0, 0.1) is 5.92 Å². The van der Waals surface area contributed by atoms with E-state index < -0.39 is 0 Å². The summed E-state index contributed by atoms with van der Waals surface area (Å²) in [5.74, 6) is 0.762. The molecule has 2 aliphatic heterocycles. The minimum absolute atomic E-state index is 0.00684. The van der Waals surface area contributed by atoms with Gasteiger partial charge in [0.2, 0.25) is 0 Å². The standard InChI is InChI=1S/C22H21N3O4S/c26-20-13-28-18-6-5-15(11-17(18)23-20)21(27)25-9-7-14(8-10-25)12-29-22-24-16-3-1-2-4-19(16)30-22/h1-6,11,14H,7-10,12-13H2,(H,23,26). The maximum atomic E-state index is 12.9. The van der Waals surface area contributed by atoms with E-state index in [1.165, 1.54) is 0 Å². The number of para-hydroxylation sites is 1. The molecule has 1 fully saturated rings. The molecule has 3 heterocycles. The van der Waals surface area contributed by atoms with E-state index >= 15 is 0 Å². The highest BCUT2D eigenvalue weighted by molar-refractivity contribution is 7.20. The van der Waals surface area contributed by atoms with Crippen molar-refractivity contribution >= 4 is 39.1 Å². The smallest absolute Gasteiger partial charge is 0.274 e. The summed E-state index contributed by atoms with van der Waals surface area (Å²) in [6, 6.07) is 13.2. The van der Waals surface area contributed by atoms with Crippen LogP contribution in [-0.4, -0.2) is 48.0 Å². The zero-order chi connectivity index (χ0) is 20.5. The van der Waals surface area contributed by atoms with E-state index in [0.717, 1.165) is 23.1 Å². The molecule has 1 aromatic heterocycles. The molecule has 0 spiro atoms. The minimum atomic E-state index is -0.207. The highest BCUT2D eigenvalue weighted by atomic mass is 32.1. The quantitative estimate of drug-likeness (QED) is 0.694. The van der Waals surface area contributed by atoms with Gasteiger partial charge in [0.15, 0.2) is 6.61 Å². The van der Waals surface area contributed by atoms with Gasteiger partial charge >= 0.3 is 0 Å². The fourth-order valence-electron chi connectivity index (χ4n) is 3.80. The summed E-state index contributed by atoms with van der Waals surface area (Å²) in [4.78, 5) is 30.8. The number of nitrogens with zero attached hydrogens (tertiary/aromatic N) is 2. The van der Waals surface area contributed by atoms with Crippen LogP contribution in [0.5, 0.6) is 10.9 Å². The molecular formula is C22H21N3O4S. The normalized spacial score (nSPS) is 16.7. The fourth-order valence-corrected chi connectivity index (χ4v) is 4.63. The van der Waals surface area contributed by atoms with Gasteiger partial charge in [-0.25, -0.2) is 4.98 Å². The second-order valence-electron chi connectivity index (χ2n) is 7.54. The molecule has 0 bridgehead atoms. The lowest BCUT2D eigenvalue weighted by Gasteiger charge is -2.32. The first-order valence-corrected chi connectivity index (χ1v) is 10.8. The zero-order valence-corrected chi connectivity index (χ0v) is 17.1. The number of anilines is 1. The SMILES string of the molecule is O=C1COc2ccc(C(=O)N3CCC(COc4nc5ccccc5s4)CC3)cc2N1. The third-order valence-electron chi connectivity index (χ3n) is 5.48. The number of carbonyl (C=O) groups excluding carboxylic acids is 2. The summed E-state index contributed by atoms with van der Waals surface area (Å²) in [6.45, 7) is 2.00. The first kappa shape index (κ1) is 18.9. The monoisotopic (exact) mass is 423 g/mol. The largest absolute Gasteiger partial charge is 0.482 e. The van der Waals surface area contributed by atoms with Crippen LogP contribution in [0.2, 0.25) is 0 Å². The maximum absolute atomic E-state index is 12.9. The molecule has 7 nitrogen and oxygen atoms in total. The second-order valence-corrected chi connectivity index (χ2v) is 8.54. The molecule has 3 aromatic rings. The predicted molar refractivity (Wildman–Crippen MR) is 114 cm³/mol. The van der Waals surface area contributed by atoms with Crippen LogP contribution >= 0.6 is 11.3 Å². The Morgan fingerprint density at radius 1 is 1.23 bits per heavy atom. The van der Waals surface area contributed by atoms with Gasteiger partial charge in [-0.1, -0.05) is 23.5 Å². The lowest BCUT2D eigenvalue weighted by molar-refractivity contribution is -0.118. The van der Waals surface area contributed by atoms with Gasteiger partial charge in [0.1, 0.15) is 5.75 Å². The number of thiazole rings is 1. The van der Waals surface area contributed by atoms with Crippen LogP contribution < -0.4 is 14.8 Å². The van der Waals surface area contributed by atoms with Crippen molar-refractivity contribution in [1.29, 1.82) is 0 Å². The number of ether oxygens (including phenoxy) is 2. The summed E-state index contributed by atoms with van der Waals surface area (Å²) in [6.07, 6.45) is 1.78. The van der Waals surface area contributed by atoms with Gasteiger partial charge in [0, 0.05) is 18.7 Å². The van der Waals surface area contributed by atoms with E-state index in [-0.39, 0.29) is 18.4 Å². The molecule has 0 atom stereocenters. The van der Waals surface area contributed by atoms with E-state index in [2.05, 4.69) is 10.3 Å². The van der Waals surface area contributed by atoms with E-state index in [0.29, 0.717) is 47.8 Å². The maximum Gasteiger partial charge on any atom is 0.274 e. The number of nitrogens with one attached hydrogen (secondary N) is 1. The minimum Gasteiger partial charge on any atom is -0.482 e. The molecule has 0 unspecified atom stereocenters. The number of amides is 2.